The molecule has 0 spiro atoms. The van der Waals surface area contributed by atoms with Crippen LogP contribution in [0, 0.1) is 0 Å². The maximum atomic E-state index is 13.6. The summed E-state index contributed by atoms with van der Waals surface area (Å²) in [6, 6.07) is 10.0. The summed E-state index contributed by atoms with van der Waals surface area (Å²) in [6.45, 7) is 7.93. The smallest absolute Gasteiger partial charge is 0.248 e. The van der Waals surface area contributed by atoms with Crippen molar-refractivity contribution in [2.45, 2.75) is 77.3 Å². The molecule has 1 saturated carbocycles. The zero-order valence-corrected chi connectivity index (χ0v) is 20.4. The van der Waals surface area contributed by atoms with Gasteiger partial charge in [-0.3, -0.25) is 14.1 Å². The summed E-state index contributed by atoms with van der Waals surface area (Å²) >= 11 is 0. The second-order valence-corrected chi connectivity index (χ2v) is 11.7. The number of amides is 1. The predicted molar refractivity (Wildman–Crippen MR) is 129 cm³/mol. The zero-order chi connectivity index (χ0) is 23.4. The van der Waals surface area contributed by atoms with Crippen molar-refractivity contribution < 1.29 is 13.2 Å². The molecule has 1 fully saturated rings. The highest BCUT2D eigenvalue weighted by molar-refractivity contribution is 7.92. The lowest BCUT2D eigenvalue weighted by atomic mass is 9.87. The van der Waals surface area contributed by atoms with Gasteiger partial charge in [0.25, 0.3) is 0 Å². The summed E-state index contributed by atoms with van der Waals surface area (Å²) in [7, 11) is -3.75. The molecule has 0 aliphatic heterocycles. The van der Waals surface area contributed by atoms with E-state index in [4.69, 9.17) is 0 Å². The first-order chi connectivity index (χ1) is 15.1. The van der Waals surface area contributed by atoms with E-state index < -0.39 is 16.1 Å². The summed E-state index contributed by atoms with van der Waals surface area (Å²) in [5.74, 6) is -0.413. The predicted octanol–water partition coefficient (Wildman–Crippen LogP) is 4.73. The van der Waals surface area contributed by atoms with Crippen molar-refractivity contribution in [1.82, 2.24) is 10.3 Å². The molecule has 0 saturated heterocycles. The molecule has 0 bridgehead atoms. The number of hydrogen-bond acceptors (Lipinski definition) is 4. The lowest BCUT2D eigenvalue weighted by molar-refractivity contribution is -0.123. The molecule has 2 aromatic rings. The fourth-order valence-electron chi connectivity index (χ4n) is 4.18. The topological polar surface area (TPSA) is 79.4 Å². The maximum Gasteiger partial charge on any atom is 0.248 e. The minimum Gasteiger partial charge on any atom is -0.351 e. The van der Waals surface area contributed by atoms with Gasteiger partial charge in [-0.1, -0.05) is 58.2 Å². The molecule has 7 heteroatoms. The Morgan fingerprint density at radius 2 is 1.78 bits per heavy atom. The number of aromatic nitrogens is 1. The summed E-state index contributed by atoms with van der Waals surface area (Å²) in [6.07, 6.45) is 8.37. The zero-order valence-electron chi connectivity index (χ0n) is 19.5. The molecule has 1 heterocycles. The molecule has 1 aliphatic carbocycles. The van der Waals surface area contributed by atoms with E-state index in [1.807, 2.05) is 12.1 Å². The second-order valence-electron chi connectivity index (χ2n) is 9.53. The third kappa shape index (κ3) is 5.68. The van der Waals surface area contributed by atoms with Gasteiger partial charge in [-0.05, 0) is 48.9 Å². The van der Waals surface area contributed by atoms with E-state index in [0.29, 0.717) is 11.3 Å². The van der Waals surface area contributed by atoms with Gasteiger partial charge in [0, 0.05) is 24.0 Å². The van der Waals surface area contributed by atoms with Crippen LogP contribution in [0.2, 0.25) is 0 Å². The molecule has 1 aliphatic rings. The van der Waals surface area contributed by atoms with Crippen LogP contribution in [0.15, 0.2) is 48.8 Å². The highest BCUT2D eigenvalue weighted by Gasteiger charge is 2.36. The molecule has 1 amide bonds. The van der Waals surface area contributed by atoms with Gasteiger partial charge in [0.1, 0.15) is 6.04 Å². The molecule has 6 nitrogen and oxygen atoms in total. The Kier molecular flexibility index (Phi) is 7.59. The van der Waals surface area contributed by atoms with Crippen molar-refractivity contribution in [3.05, 3.63) is 59.9 Å². The SMILES string of the molecule is CCS(=O)(=O)N(c1ccc(C(C)(C)C)cc1)[C@@H](C(=O)NC1CCCCC1)c1cccnc1. The fourth-order valence-corrected chi connectivity index (χ4v) is 5.44. The number of nitrogens with one attached hydrogen (secondary N) is 1. The Labute approximate surface area is 192 Å². The molecule has 1 atom stereocenters. The Morgan fingerprint density at radius 1 is 1.12 bits per heavy atom. The van der Waals surface area contributed by atoms with E-state index in [1.165, 1.54) is 10.7 Å². The van der Waals surface area contributed by atoms with Crippen LogP contribution in [-0.2, 0) is 20.2 Å². The van der Waals surface area contributed by atoms with Crippen molar-refractivity contribution in [3.63, 3.8) is 0 Å². The van der Waals surface area contributed by atoms with Crippen LogP contribution in [0.3, 0.4) is 0 Å². The summed E-state index contributed by atoms with van der Waals surface area (Å²) in [5, 5.41) is 3.13. The number of carbonyl (C=O) groups is 1. The van der Waals surface area contributed by atoms with Gasteiger partial charge in [0.05, 0.1) is 11.4 Å². The molecule has 1 aromatic carbocycles. The van der Waals surface area contributed by atoms with Gasteiger partial charge >= 0.3 is 0 Å². The van der Waals surface area contributed by atoms with Crippen molar-refractivity contribution in [1.29, 1.82) is 0 Å². The minimum absolute atomic E-state index is 0.0614. The number of hydrogen-bond donors (Lipinski definition) is 1. The average molecular weight is 458 g/mol. The molecular formula is C25H35N3O3S. The maximum absolute atomic E-state index is 13.6. The van der Waals surface area contributed by atoms with Gasteiger partial charge in [0.15, 0.2) is 0 Å². The summed E-state index contributed by atoms with van der Waals surface area (Å²) < 4.78 is 27.9. The Bertz CT molecular complexity index is 993. The largest absolute Gasteiger partial charge is 0.351 e. The number of benzene rings is 1. The van der Waals surface area contributed by atoms with E-state index in [2.05, 4.69) is 31.1 Å². The number of pyridine rings is 1. The van der Waals surface area contributed by atoms with Crippen LogP contribution in [0.5, 0.6) is 0 Å². The Balaban J connectivity index is 2.06. The van der Waals surface area contributed by atoms with Crippen LogP contribution in [-0.4, -0.2) is 31.1 Å². The number of anilines is 1. The molecular weight excluding hydrogens is 422 g/mol. The summed E-state index contributed by atoms with van der Waals surface area (Å²) in [5.41, 5.74) is 2.07. The van der Waals surface area contributed by atoms with Gasteiger partial charge < -0.3 is 5.32 Å². The van der Waals surface area contributed by atoms with E-state index in [1.54, 1.807) is 43.6 Å². The van der Waals surface area contributed by atoms with Crippen LogP contribution >= 0.6 is 0 Å². The van der Waals surface area contributed by atoms with Gasteiger partial charge in [-0.15, -0.1) is 0 Å². The van der Waals surface area contributed by atoms with Crippen LogP contribution < -0.4 is 9.62 Å². The molecule has 32 heavy (non-hydrogen) atoms. The van der Waals surface area contributed by atoms with E-state index in [0.717, 1.165) is 31.2 Å². The van der Waals surface area contributed by atoms with E-state index >= 15 is 0 Å². The number of sulfonamides is 1. The Morgan fingerprint density at radius 3 is 2.31 bits per heavy atom. The summed E-state index contributed by atoms with van der Waals surface area (Å²) in [4.78, 5) is 17.7. The standard InChI is InChI=1S/C25H35N3O3S/c1-5-32(30,31)28(22-15-13-20(14-16-22)25(2,3)4)23(19-10-9-17-26-18-19)24(29)27-21-11-7-6-8-12-21/h9-10,13-18,21,23H,5-8,11-12H2,1-4H3,(H,27,29)/t23-/m1/s1. The third-order valence-electron chi connectivity index (χ3n) is 6.09. The monoisotopic (exact) mass is 457 g/mol. The second kappa shape index (κ2) is 10.0. The first kappa shape index (κ1) is 24.2. The first-order valence-electron chi connectivity index (χ1n) is 11.5. The highest BCUT2D eigenvalue weighted by Crippen LogP contribution is 2.33. The lowest BCUT2D eigenvalue weighted by Gasteiger charge is -2.34. The molecule has 3 rings (SSSR count). The van der Waals surface area contributed by atoms with E-state index in [9.17, 15) is 13.2 Å². The molecule has 0 radical (unpaired) electrons. The first-order valence-corrected chi connectivity index (χ1v) is 13.1. The van der Waals surface area contributed by atoms with Crippen molar-refractivity contribution >= 4 is 21.6 Å². The van der Waals surface area contributed by atoms with Gasteiger partial charge in [-0.2, -0.15) is 0 Å². The molecule has 174 valence electrons. The van der Waals surface area contributed by atoms with Crippen molar-refractivity contribution in [2.75, 3.05) is 10.1 Å². The van der Waals surface area contributed by atoms with E-state index in [-0.39, 0.29) is 23.1 Å². The highest BCUT2D eigenvalue weighted by atomic mass is 32.2. The number of nitrogens with zero attached hydrogens (tertiary/aromatic N) is 2. The molecule has 0 unspecified atom stereocenters. The lowest BCUT2D eigenvalue weighted by Crippen LogP contribution is -2.47. The molecule has 1 N–H and O–H groups in total. The quantitative estimate of drug-likeness (QED) is 0.652. The van der Waals surface area contributed by atoms with Crippen LogP contribution in [0.4, 0.5) is 5.69 Å². The van der Waals surface area contributed by atoms with Crippen molar-refractivity contribution in [2.24, 2.45) is 0 Å². The van der Waals surface area contributed by atoms with Gasteiger partial charge in [0.2, 0.25) is 15.9 Å². The van der Waals surface area contributed by atoms with Gasteiger partial charge in [-0.25, -0.2) is 8.42 Å². The Hall–Kier alpha value is -2.41. The number of carbonyl (C=O) groups excluding carboxylic acids is 1. The minimum atomic E-state index is -3.75. The van der Waals surface area contributed by atoms with Crippen LogP contribution in [0.1, 0.15) is 77.0 Å². The normalized spacial score (nSPS) is 16.4. The third-order valence-corrected chi connectivity index (χ3v) is 7.84. The molecule has 1 aromatic heterocycles. The van der Waals surface area contributed by atoms with Crippen LogP contribution in [0.25, 0.3) is 0 Å². The fraction of sp³-hybridized carbons (Fsp3) is 0.520. The van der Waals surface area contributed by atoms with Crippen molar-refractivity contribution in [3.8, 4) is 0 Å². The average Bonchev–Trinajstić information content (AvgIpc) is 2.78. The number of rotatable bonds is 7.